The molecule has 0 saturated carbocycles. The number of amides is 1. The summed E-state index contributed by atoms with van der Waals surface area (Å²) in [4.78, 5) is 19.3. The first-order chi connectivity index (χ1) is 12.6. The predicted octanol–water partition coefficient (Wildman–Crippen LogP) is 3.98. The zero-order valence-electron chi connectivity index (χ0n) is 15.9. The Labute approximate surface area is 155 Å². The molecule has 2 aromatic rings. The second-order valence-electron chi connectivity index (χ2n) is 5.91. The number of benzene rings is 1. The van der Waals surface area contributed by atoms with Gasteiger partial charge in [-0.1, -0.05) is 13.8 Å². The molecule has 1 amide bonds. The van der Waals surface area contributed by atoms with Crippen LogP contribution in [0.15, 0.2) is 36.5 Å². The van der Waals surface area contributed by atoms with Crippen LogP contribution in [0.25, 0.3) is 0 Å². The number of hydrogen-bond acceptors (Lipinski definition) is 5. The summed E-state index contributed by atoms with van der Waals surface area (Å²) < 4.78 is 10.5. The van der Waals surface area contributed by atoms with Crippen molar-refractivity contribution < 1.29 is 14.3 Å². The van der Waals surface area contributed by atoms with E-state index < -0.39 is 0 Å². The minimum absolute atomic E-state index is 0.215. The van der Waals surface area contributed by atoms with Crippen LogP contribution in [0.1, 0.15) is 37.0 Å². The summed E-state index contributed by atoms with van der Waals surface area (Å²) in [6.07, 6.45) is 3.73. The van der Waals surface area contributed by atoms with Crippen molar-refractivity contribution in [1.82, 2.24) is 4.98 Å². The van der Waals surface area contributed by atoms with Gasteiger partial charge in [-0.3, -0.25) is 4.79 Å². The van der Waals surface area contributed by atoms with E-state index in [2.05, 4.69) is 29.0 Å². The normalized spacial score (nSPS) is 10.3. The summed E-state index contributed by atoms with van der Waals surface area (Å²) in [6, 6.07) is 8.82. The molecule has 0 aliphatic rings. The van der Waals surface area contributed by atoms with E-state index in [1.54, 1.807) is 44.7 Å². The molecule has 0 aliphatic heterocycles. The Bertz CT molecular complexity index is 728. The van der Waals surface area contributed by atoms with Gasteiger partial charge in [0.05, 0.1) is 19.9 Å². The summed E-state index contributed by atoms with van der Waals surface area (Å²) in [5.74, 6) is 1.83. The van der Waals surface area contributed by atoms with Gasteiger partial charge in [0.15, 0.2) is 0 Å². The maximum atomic E-state index is 12.7. The van der Waals surface area contributed by atoms with E-state index in [4.69, 9.17) is 9.47 Å². The van der Waals surface area contributed by atoms with Gasteiger partial charge >= 0.3 is 0 Å². The Morgan fingerprint density at radius 2 is 1.81 bits per heavy atom. The number of methoxy groups -OCH3 is 2. The maximum Gasteiger partial charge on any atom is 0.255 e. The van der Waals surface area contributed by atoms with E-state index >= 15 is 0 Å². The molecule has 6 heteroatoms. The fourth-order valence-corrected chi connectivity index (χ4v) is 2.72. The minimum Gasteiger partial charge on any atom is -0.497 e. The van der Waals surface area contributed by atoms with E-state index in [9.17, 15) is 4.79 Å². The van der Waals surface area contributed by atoms with Gasteiger partial charge in [-0.05, 0) is 37.1 Å². The number of ether oxygens (including phenoxy) is 2. The highest BCUT2D eigenvalue weighted by Crippen LogP contribution is 2.29. The zero-order valence-corrected chi connectivity index (χ0v) is 15.9. The average Bonchev–Trinajstić information content (AvgIpc) is 2.67. The average molecular weight is 357 g/mol. The molecule has 0 saturated heterocycles. The van der Waals surface area contributed by atoms with Gasteiger partial charge in [-0.2, -0.15) is 0 Å². The minimum atomic E-state index is -0.215. The summed E-state index contributed by atoms with van der Waals surface area (Å²) in [6.45, 7) is 6.09. The number of nitrogens with one attached hydrogen (secondary N) is 1. The zero-order chi connectivity index (χ0) is 18.9. The van der Waals surface area contributed by atoms with Crippen LogP contribution in [-0.2, 0) is 0 Å². The molecule has 2 rings (SSSR count). The summed E-state index contributed by atoms with van der Waals surface area (Å²) >= 11 is 0. The van der Waals surface area contributed by atoms with Crippen molar-refractivity contribution in [3.05, 3.63) is 42.1 Å². The molecule has 0 fully saturated rings. The van der Waals surface area contributed by atoms with Crippen LogP contribution in [0.4, 0.5) is 11.5 Å². The molecule has 1 aromatic carbocycles. The summed E-state index contributed by atoms with van der Waals surface area (Å²) in [5, 5.41) is 2.89. The third kappa shape index (κ3) is 4.88. The van der Waals surface area contributed by atoms with Crippen molar-refractivity contribution in [2.24, 2.45) is 0 Å². The van der Waals surface area contributed by atoms with Gasteiger partial charge in [0.25, 0.3) is 5.91 Å². The van der Waals surface area contributed by atoms with E-state index in [0.717, 1.165) is 31.7 Å². The van der Waals surface area contributed by atoms with E-state index in [1.165, 1.54) is 0 Å². The lowest BCUT2D eigenvalue weighted by molar-refractivity contribution is 0.102. The van der Waals surface area contributed by atoms with Gasteiger partial charge in [-0.15, -0.1) is 0 Å². The first-order valence-electron chi connectivity index (χ1n) is 8.87. The Hall–Kier alpha value is -2.76. The third-order valence-corrected chi connectivity index (χ3v) is 3.97. The second-order valence-corrected chi connectivity index (χ2v) is 5.91. The monoisotopic (exact) mass is 357 g/mol. The lowest BCUT2D eigenvalue weighted by Gasteiger charge is -2.22. The van der Waals surface area contributed by atoms with Crippen LogP contribution < -0.4 is 19.7 Å². The Morgan fingerprint density at radius 3 is 2.42 bits per heavy atom. The van der Waals surface area contributed by atoms with Crippen LogP contribution in [0.2, 0.25) is 0 Å². The molecule has 1 aromatic heterocycles. The largest absolute Gasteiger partial charge is 0.497 e. The number of anilines is 2. The number of carbonyl (C=O) groups is 1. The van der Waals surface area contributed by atoms with Crippen molar-refractivity contribution in [3.63, 3.8) is 0 Å². The molecular weight excluding hydrogens is 330 g/mol. The fourth-order valence-electron chi connectivity index (χ4n) is 2.72. The van der Waals surface area contributed by atoms with Crippen LogP contribution in [0, 0.1) is 0 Å². The third-order valence-electron chi connectivity index (χ3n) is 3.97. The fraction of sp³-hybridized carbons (Fsp3) is 0.400. The van der Waals surface area contributed by atoms with E-state index in [-0.39, 0.29) is 5.91 Å². The lowest BCUT2D eigenvalue weighted by Crippen LogP contribution is -2.26. The number of nitrogens with zero attached hydrogens (tertiary/aromatic N) is 2. The smallest absolute Gasteiger partial charge is 0.255 e. The van der Waals surface area contributed by atoms with Gasteiger partial charge in [0.1, 0.15) is 17.3 Å². The molecule has 0 atom stereocenters. The molecule has 1 heterocycles. The standard InChI is InChI=1S/C20H27N3O3/c1-5-11-23(12-6-2)19-13-15(9-10-21-19)20(24)22-17-14-16(25-3)7-8-18(17)26-4/h7-10,13-14H,5-6,11-12H2,1-4H3,(H,22,24). The van der Waals surface area contributed by atoms with Gasteiger partial charge in [-0.25, -0.2) is 4.98 Å². The highest BCUT2D eigenvalue weighted by atomic mass is 16.5. The second kappa shape index (κ2) is 9.65. The summed E-state index contributed by atoms with van der Waals surface area (Å²) in [7, 11) is 3.15. The van der Waals surface area contributed by atoms with Crippen molar-refractivity contribution in [2.75, 3.05) is 37.5 Å². The molecule has 0 bridgehead atoms. The predicted molar refractivity (Wildman–Crippen MR) is 105 cm³/mol. The summed E-state index contributed by atoms with van der Waals surface area (Å²) in [5.41, 5.74) is 1.12. The molecular formula is C20H27N3O3. The topological polar surface area (TPSA) is 63.7 Å². The maximum absolute atomic E-state index is 12.7. The first kappa shape index (κ1) is 19.6. The molecule has 0 spiro atoms. The van der Waals surface area contributed by atoms with Crippen LogP contribution in [-0.4, -0.2) is 38.2 Å². The number of hydrogen-bond donors (Lipinski definition) is 1. The number of rotatable bonds is 9. The van der Waals surface area contributed by atoms with E-state index in [1.807, 2.05) is 6.07 Å². The van der Waals surface area contributed by atoms with Crippen LogP contribution in [0.5, 0.6) is 11.5 Å². The quantitative estimate of drug-likeness (QED) is 0.735. The Balaban J connectivity index is 2.24. The Morgan fingerprint density at radius 1 is 1.08 bits per heavy atom. The van der Waals surface area contributed by atoms with Crippen LogP contribution >= 0.6 is 0 Å². The van der Waals surface area contributed by atoms with Crippen molar-refractivity contribution in [1.29, 1.82) is 0 Å². The van der Waals surface area contributed by atoms with Gasteiger partial charge < -0.3 is 19.7 Å². The van der Waals surface area contributed by atoms with Crippen molar-refractivity contribution in [3.8, 4) is 11.5 Å². The Kier molecular flexibility index (Phi) is 7.26. The molecule has 6 nitrogen and oxygen atoms in total. The van der Waals surface area contributed by atoms with Gasteiger partial charge in [0, 0.05) is 30.9 Å². The first-order valence-corrected chi connectivity index (χ1v) is 8.87. The van der Waals surface area contributed by atoms with Gasteiger partial charge in [0.2, 0.25) is 0 Å². The molecule has 0 unspecified atom stereocenters. The van der Waals surface area contributed by atoms with Crippen molar-refractivity contribution >= 4 is 17.4 Å². The molecule has 0 aliphatic carbocycles. The number of aromatic nitrogens is 1. The highest BCUT2D eigenvalue weighted by Gasteiger charge is 2.14. The molecule has 0 radical (unpaired) electrons. The molecule has 26 heavy (non-hydrogen) atoms. The van der Waals surface area contributed by atoms with Crippen molar-refractivity contribution in [2.45, 2.75) is 26.7 Å². The number of carbonyl (C=O) groups excluding carboxylic acids is 1. The lowest BCUT2D eigenvalue weighted by atomic mass is 10.2. The highest BCUT2D eigenvalue weighted by molar-refractivity contribution is 6.05. The molecule has 1 N–H and O–H groups in total. The SMILES string of the molecule is CCCN(CCC)c1cc(C(=O)Nc2cc(OC)ccc2OC)ccn1. The molecule has 140 valence electrons. The van der Waals surface area contributed by atoms with E-state index in [0.29, 0.717) is 22.7 Å². The number of pyridine rings is 1. The van der Waals surface area contributed by atoms with Crippen LogP contribution in [0.3, 0.4) is 0 Å².